The minimum Gasteiger partial charge on any atom is -0.494 e. The van der Waals surface area contributed by atoms with Gasteiger partial charge in [-0.25, -0.2) is 0 Å². The second-order valence-corrected chi connectivity index (χ2v) is 16.3. The van der Waals surface area contributed by atoms with Crippen LogP contribution in [0.3, 0.4) is 0 Å². The number of hydrogen-bond donors (Lipinski definition) is 0. The zero-order valence-corrected chi connectivity index (χ0v) is 36.9. The van der Waals surface area contributed by atoms with E-state index in [0.29, 0.717) is 0 Å². The first-order valence-electron chi connectivity index (χ1n) is 23.8. The van der Waals surface area contributed by atoms with Gasteiger partial charge in [0, 0.05) is 0 Å². The molecule has 3 rings (SSSR count). The maximum Gasteiger partial charge on any atom is 0.161 e. The third-order valence-corrected chi connectivity index (χ3v) is 11.0. The molecule has 0 unspecified atom stereocenters. The van der Waals surface area contributed by atoms with Crippen LogP contribution in [0, 0.1) is 0 Å². The fourth-order valence-corrected chi connectivity index (χ4v) is 7.25. The lowest BCUT2D eigenvalue weighted by atomic mass is 10.1. The molecule has 0 aliphatic rings. The Hall–Kier alpha value is -3.46. The van der Waals surface area contributed by atoms with Crippen LogP contribution >= 0.6 is 0 Å². The lowest BCUT2D eigenvalue weighted by Crippen LogP contribution is -2.03. The molecule has 0 spiro atoms. The van der Waals surface area contributed by atoms with Crippen molar-refractivity contribution in [3.8, 4) is 17.2 Å². The topological polar surface area (TPSA) is 27.7 Å². The summed E-state index contributed by atoms with van der Waals surface area (Å²) in [5, 5.41) is 0. The molecule has 0 aliphatic carbocycles. The van der Waals surface area contributed by atoms with E-state index in [1.807, 2.05) is 0 Å². The second-order valence-electron chi connectivity index (χ2n) is 16.3. The van der Waals surface area contributed by atoms with Crippen LogP contribution < -0.4 is 14.2 Å². The van der Waals surface area contributed by atoms with E-state index >= 15 is 0 Å². The Morgan fingerprint density at radius 3 is 1.00 bits per heavy atom. The van der Waals surface area contributed by atoms with Crippen molar-refractivity contribution in [2.75, 3.05) is 19.8 Å². The Balaban J connectivity index is 1.46. The summed E-state index contributed by atoms with van der Waals surface area (Å²) in [6.07, 6.45) is 42.9. The summed E-state index contributed by atoms with van der Waals surface area (Å²) in [6.45, 7) is 9.13. The van der Waals surface area contributed by atoms with Crippen LogP contribution in [0.4, 0.5) is 0 Å². The molecule has 0 fully saturated rings. The molecule has 0 radical (unpaired) electrons. The monoisotopic (exact) mass is 779 g/mol. The lowest BCUT2D eigenvalue weighted by molar-refractivity contribution is 0.258. The Kier molecular flexibility index (Phi) is 28.2. The molecule has 0 amide bonds. The highest BCUT2D eigenvalue weighted by molar-refractivity contribution is 5.73. The molecular weight excluding hydrogens is 697 g/mol. The van der Waals surface area contributed by atoms with Crippen molar-refractivity contribution >= 4 is 24.3 Å². The second kappa shape index (κ2) is 33.5. The van der Waals surface area contributed by atoms with Crippen LogP contribution in [0.15, 0.2) is 66.7 Å². The van der Waals surface area contributed by atoms with Gasteiger partial charge in [-0.15, -0.1) is 0 Å². The van der Waals surface area contributed by atoms with Gasteiger partial charge in [-0.1, -0.05) is 235 Å². The van der Waals surface area contributed by atoms with Crippen molar-refractivity contribution in [3.63, 3.8) is 0 Å². The van der Waals surface area contributed by atoms with Crippen LogP contribution in [0.5, 0.6) is 17.2 Å². The normalized spacial score (nSPS) is 11.6. The van der Waals surface area contributed by atoms with E-state index < -0.39 is 0 Å². The first kappa shape index (κ1) is 47.9. The third kappa shape index (κ3) is 24.2. The van der Waals surface area contributed by atoms with E-state index in [9.17, 15) is 0 Å². The molecule has 0 saturated carbocycles. The first-order valence-corrected chi connectivity index (χ1v) is 23.8. The lowest BCUT2D eigenvalue weighted by Gasteiger charge is -2.14. The van der Waals surface area contributed by atoms with Crippen molar-refractivity contribution in [3.05, 3.63) is 89.0 Å². The Bertz CT molecular complexity index is 1420. The van der Waals surface area contributed by atoms with Crippen molar-refractivity contribution in [2.24, 2.45) is 0 Å². The molecular formula is C54H82O3. The Morgan fingerprint density at radius 1 is 0.298 bits per heavy atom. The summed E-state index contributed by atoms with van der Waals surface area (Å²) in [6, 6.07) is 23.6. The molecule has 0 N–H and O–H groups in total. The first-order chi connectivity index (χ1) is 28.2. The molecule has 3 heteroatoms. The smallest absolute Gasteiger partial charge is 0.161 e. The summed E-state index contributed by atoms with van der Waals surface area (Å²) in [5.74, 6) is 2.70. The van der Waals surface area contributed by atoms with Gasteiger partial charge in [-0.05, 0) is 65.8 Å². The van der Waals surface area contributed by atoms with Gasteiger partial charge < -0.3 is 14.2 Å². The maximum absolute atomic E-state index is 6.40. The minimum absolute atomic E-state index is 0.741. The van der Waals surface area contributed by atoms with E-state index in [2.05, 4.69) is 112 Å². The van der Waals surface area contributed by atoms with Crippen LogP contribution in [0.1, 0.15) is 210 Å². The number of unbranched alkanes of at least 4 members (excludes halogenated alkanes) is 23. The summed E-state index contributed by atoms with van der Waals surface area (Å²) >= 11 is 0. The SMILES string of the molecule is CCCCCCCCCCCCOc1ccc(C=Cc2ccc(C=Cc3ccc(OCCCCCCCC)cc3)cc2)cc1OCCCCCCCCCCCC. The fourth-order valence-electron chi connectivity index (χ4n) is 7.25. The number of ether oxygens (including phenoxy) is 3. The fraction of sp³-hybridized carbons (Fsp3) is 0.593. The highest BCUT2D eigenvalue weighted by Gasteiger charge is 2.07. The predicted octanol–water partition coefficient (Wildman–Crippen LogP) is 17.4. The Labute approximate surface area is 351 Å². The highest BCUT2D eigenvalue weighted by Crippen LogP contribution is 2.30. The molecule has 0 aromatic heterocycles. The van der Waals surface area contributed by atoms with Crippen molar-refractivity contribution in [2.45, 2.75) is 188 Å². The van der Waals surface area contributed by atoms with Gasteiger partial charge in [0.25, 0.3) is 0 Å². The maximum atomic E-state index is 6.40. The van der Waals surface area contributed by atoms with Gasteiger partial charge in [0.15, 0.2) is 11.5 Å². The van der Waals surface area contributed by atoms with Gasteiger partial charge in [-0.3, -0.25) is 0 Å². The van der Waals surface area contributed by atoms with Gasteiger partial charge in [-0.2, -0.15) is 0 Å². The quantitative estimate of drug-likeness (QED) is 0.0435. The molecule has 57 heavy (non-hydrogen) atoms. The van der Waals surface area contributed by atoms with Gasteiger partial charge >= 0.3 is 0 Å². The van der Waals surface area contributed by atoms with Gasteiger partial charge in [0.1, 0.15) is 5.75 Å². The van der Waals surface area contributed by atoms with Crippen LogP contribution in [0.2, 0.25) is 0 Å². The van der Waals surface area contributed by atoms with Gasteiger partial charge in [0.2, 0.25) is 0 Å². The summed E-state index contributed by atoms with van der Waals surface area (Å²) < 4.78 is 18.7. The standard InChI is InChI=1S/C54H82O3/c1-4-7-10-13-16-18-20-22-25-28-45-56-53-43-40-51(47-54(53)57-46-29-26-23-21-19-17-14-11-8-5-2)37-36-49-32-30-48(31-33-49)34-35-50-38-41-52(42-39-50)55-44-27-24-15-12-9-6-3/h30-43,47H,4-29,44-46H2,1-3H3. The molecule has 3 aromatic rings. The van der Waals surface area contributed by atoms with E-state index in [1.54, 1.807) is 0 Å². The summed E-state index contributed by atoms with van der Waals surface area (Å²) in [7, 11) is 0. The molecule has 0 atom stereocenters. The molecule has 0 aliphatic heterocycles. The molecule has 0 saturated heterocycles. The third-order valence-electron chi connectivity index (χ3n) is 11.0. The molecule has 316 valence electrons. The highest BCUT2D eigenvalue weighted by atomic mass is 16.5. The average molecular weight is 779 g/mol. The van der Waals surface area contributed by atoms with Gasteiger partial charge in [0.05, 0.1) is 19.8 Å². The zero-order valence-electron chi connectivity index (χ0n) is 36.9. The van der Waals surface area contributed by atoms with Crippen LogP contribution in [-0.4, -0.2) is 19.8 Å². The molecule has 0 heterocycles. The van der Waals surface area contributed by atoms with E-state index in [4.69, 9.17) is 14.2 Å². The Morgan fingerprint density at radius 2 is 0.596 bits per heavy atom. The minimum atomic E-state index is 0.741. The predicted molar refractivity (Wildman–Crippen MR) is 251 cm³/mol. The summed E-state index contributed by atoms with van der Waals surface area (Å²) in [5.41, 5.74) is 4.66. The molecule has 3 nitrogen and oxygen atoms in total. The van der Waals surface area contributed by atoms with E-state index in [0.717, 1.165) is 61.9 Å². The number of benzene rings is 3. The average Bonchev–Trinajstić information content (AvgIpc) is 3.24. The molecule has 3 aromatic carbocycles. The molecule has 0 bridgehead atoms. The van der Waals surface area contributed by atoms with Crippen LogP contribution in [0.25, 0.3) is 24.3 Å². The van der Waals surface area contributed by atoms with Crippen molar-refractivity contribution in [1.82, 2.24) is 0 Å². The summed E-state index contributed by atoms with van der Waals surface area (Å²) in [4.78, 5) is 0. The van der Waals surface area contributed by atoms with E-state index in [-0.39, 0.29) is 0 Å². The van der Waals surface area contributed by atoms with Crippen LogP contribution in [-0.2, 0) is 0 Å². The van der Waals surface area contributed by atoms with E-state index in [1.165, 1.54) is 164 Å². The van der Waals surface area contributed by atoms with Crippen molar-refractivity contribution < 1.29 is 14.2 Å². The number of hydrogen-bond acceptors (Lipinski definition) is 3. The number of rotatable bonds is 36. The van der Waals surface area contributed by atoms with Crippen molar-refractivity contribution in [1.29, 1.82) is 0 Å². The zero-order chi connectivity index (χ0) is 40.3. The largest absolute Gasteiger partial charge is 0.494 e.